The van der Waals surface area contributed by atoms with E-state index in [2.05, 4.69) is 33.7 Å². The molecule has 0 saturated heterocycles. The van der Waals surface area contributed by atoms with Crippen molar-refractivity contribution in [3.05, 3.63) is 71.7 Å². The first-order valence-corrected chi connectivity index (χ1v) is 11.3. The summed E-state index contributed by atoms with van der Waals surface area (Å²) in [6, 6.07) is 14.1. The number of para-hydroxylation sites is 1. The van der Waals surface area contributed by atoms with E-state index in [-0.39, 0.29) is 11.3 Å². The predicted octanol–water partition coefficient (Wildman–Crippen LogP) is 4.86. The molecule has 0 aliphatic heterocycles. The summed E-state index contributed by atoms with van der Waals surface area (Å²) in [6.45, 7) is 0. The second-order valence-corrected chi connectivity index (χ2v) is 9.76. The molecule has 156 valence electrons. The molecule has 5 heteroatoms. The number of carbonyl (C=O) groups excluding carboxylic acids is 1. The van der Waals surface area contributed by atoms with Crippen LogP contribution in [0, 0.1) is 17.8 Å². The van der Waals surface area contributed by atoms with Crippen LogP contribution in [0.3, 0.4) is 0 Å². The minimum absolute atomic E-state index is 0.200. The summed E-state index contributed by atoms with van der Waals surface area (Å²) in [5.41, 5.74) is 6.37. The summed E-state index contributed by atoms with van der Waals surface area (Å²) in [7, 11) is 0. The lowest BCUT2D eigenvalue weighted by Gasteiger charge is -2.57. The Labute approximate surface area is 182 Å². The first-order valence-electron chi connectivity index (χ1n) is 11.3. The smallest absolute Gasteiger partial charge is 0.266 e. The number of pyridine rings is 2. The van der Waals surface area contributed by atoms with E-state index in [4.69, 9.17) is 4.98 Å². The maximum absolute atomic E-state index is 13.0. The SMILES string of the molecule is O=C(N/N=C/c1cccnc1)c1cc(C23CC4CC(CC(C4)C2)C3)c2ccccc2n1. The van der Waals surface area contributed by atoms with Crippen molar-refractivity contribution in [2.75, 3.05) is 0 Å². The van der Waals surface area contributed by atoms with E-state index in [1.807, 2.05) is 24.3 Å². The van der Waals surface area contributed by atoms with E-state index in [0.29, 0.717) is 5.69 Å². The lowest BCUT2D eigenvalue weighted by Crippen LogP contribution is -2.48. The highest BCUT2D eigenvalue weighted by Gasteiger charge is 2.52. The van der Waals surface area contributed by atoms with Gasteiger partial charge in [-0.2, -0.15) is 5.10 Å². The van der Waals surface area contributed by atoms with Crippen LogP contribution >= 0.6 is 0 Å². The second-order valence-electron chi connectivity index (χ2n) is 9.76. The molecule has 2 aromatic heterocycles. The van der Waals surface area contributed by atoms with Crippen molar-refractivity contribution in [1.29, 1.82) is 0 Å². The topological polar surface area (TPSA) is 67.2 Å². The lowest BCUT2D eigenvalue weighted by molar-refractivity contribution is -0.00453. The van der Waals surface area contributed by atoms with Crippen molar-refractivity contribution < 1.29 is 4.79 Å². The highest BCUT2D eigenvalue weighted by atomic mass is 16.2. The molecule has 2 heterocycles. The Morgan fingerprint density at radius 2 is 1.77 bits per heavy atom. The highest BCUT2D eigenvalue weighted by Crippen LogP contribution is 2.61. The van der Waals surface area contributed by atoms with Gasteiger partial charge in [0.25, 0.3) is 5.91 Å². The summed E-state index contributed by atoms with van der Waals surface area (Å²) in [4.78, 5) is 21.7. The first-order chi connectivity index (χ1) is 15.2. The molecule has 31 heavy (non-hydrogen) atoms. The van der Waals surface area contributed by atoms with E-state index in [1.165, 1.54) is 49.5 Å². The first kappa shape index (κ1) is 18.7. The number of rotatable bonds is 4. The zero-order valence-corrected chi connectivity index (χ0v) is 17.5. The average molecular weight is 411 g/mol. The fourth-order valence-corrected chi connectivity index (χ4v) is 6.85. The third-order valence-electron chi connectivity index (χ3n) is 7.62. The summed E-state index contributed by atoms with van der Waals surface area (Å²) >= 11 is 0. The molecule has 1 N–H and O–H groups in total. The summed E-state index contributed by atoms with van der Waals surface area (Å²) in [5.74, 6) is 2.27. The van der Waals surface area contributed by atoms with Gasteiger partial charge in [0.15, 0.2) is 0 Å². The molecule has 0 radical (unpaired) electrons. The third kappa shape index (κ3) is 3.32. The van der Waals surface area contributed by atoms with Crippen LogP contribution in [-0.4, -0.2) is 22.1 Å². The molecule has 4 saturated carbocycles. The molecular weight excluding hydrogens is 384 g/mol. The number of aromatic nitrogens is 2. The van der Waals surface area contributed by atoms with Gasteiger partial charge in [0, 0.05) is 23.3 Å². The quantitative estimate of drug-likeness (QED) is 0.493. The molecule has 1 aromatic carbocycles. The molecule has 0 spiro atoms. The van der Waals surface area contributed by atoms with E-state index in [9.17, 15) is 4.79 Å². The van der Waals surface area contributed by atoms with Gasteiger partial charge in [-0.3, -0.25) is 9.78 Å². The lowest BCUT2D eigenvalue weighted by atomic mass is 9.48. The van der Waals surface area contributed by atoms with Gasteiger partial charge in [0.1, 0.15) is 5.69 Å². The van der Waals surface area contributed by atoms with Gasteiger partial charge in [-0.05, 0) is 85.5 Å². The number of carbonyl (C=O) groups is 1. The number of benzene rings is 1. The molecule has 7 rings (SSSR count). The number of amides is 1. The standard InChI is InChI=1S/C26H26N4O/c31-25(30-28-16-17-4-3-7-27-15-17)24-11-22(21-5-1-2-6-23(21)29-24)26-12-18-8-19(13-26)10-20(9-18)14-26/h1-7,11,15-16,18-20H,8-10,12-14H2,(H,30,31)/b28-16+. The van der Waals surface area contributed by atoms with Crippen LogP contribution < -0.4 is 5.43 Å². The minimum atomic E-state index is -0.267. The Morgan fingerprint density at radius 3 is 2.48 bits per heavy atom. The Kier molecular flexibility index (Phi) is 4.37. The van der Waals surface area contributed by atoms with Gasteiger partial charge in [-0.15, -0.1) is 0 Å². The number of hydrogen-bond donors (Lipinski definition) is 1. The van der Waals surface area contributed by atoms with Crippen molar-refractivity contribution in [1.82, 2.24) is 15.4 Å². The van der Waals surface area contributed by atoms with E-state index in [0.717, 1.165) is 28.8 Å². The van der Waals surface area contributed by atoms with Gasteiger partial charge < -0.3 is 0 Å². The van der Waals surface area contributed by atoms with Gasteiger partial charge >= 0.3 is 0 Å². The number of hydrazone groups is 1. The van der Waals surface area contributed by atoms with Crippen LogP contribution in [0.5, 0.6) is 0 Å². The number of fused-ring (bicyclic) bond motifs is 1. The molecule has 1 amide bonds. The fourth-order valence-electron chi connectivity index (χ4n) is 6.85. The summed E-state index contributed by atoms with van der Waals surface area (Å²) in [5, 5.41) is 5.32. The monoisotopic (exact) mass is 410 g/mol. The molecule has 4 bridgehead atoms. The van der Waals surface area contributed by atoms with Gasteiger partial charge in [0.05, 0.1) is 11.7 Å². The third-order valence-corrected chi connectivity index (χ3v) is 7.62. The van der Waals surface area contributed by atoms with E-state index < -0.39 is 0 Å². The number of hydrogen-bond acceptors (Lipinski definition) is 4. The number of nitrogens with zero attached hydrogens (tertiary/aromatic N) is 3. The van der Waals surface area contributed by atoms with Gasteiger partial charge in [0.2, 0.25) is 0 Å². The van der Waals surface area contributed by atoms with E-state index >= 15 is 0 Å². The van der Waals surface area contributed by atoms with Crippen LogP contribution in [0.4, 0.5) is 0 Å². The zero-order valence-electron chi connectivity index (χ0n) is 17.5. The maximum atomic E-state index is 13.0. The molecule has 4 aliphatic rings. The molecule has 0 atom stereocenters. The Balaban J connectivity index is 1.36. The van der Waals surface area contributed by atoms with Crippen LogP contribution in [0.25, 0.3) is 10.9 Å². The summed E-state index contributed by atoms with van der Waals surface area (Å²) < 4.78 is 0. The van der Waals surface area contributed by atoms with Crippen LogP contribution in [0.1, 0.15) is 60.1 Å². The normalized spacial score (nSPS) is 29.0. The van der Waals surface area contributed by atoms with Crippen molar-refractivity contribution in [3.63, 3.8) is 0 Å². The van der Waals surface area contributed by atoms with Crippen molar-refractivity contribution in [2.24, 2.45) is 22.9 Å². The van der Waals surface area contributed by atoms with Crippen molar-refractivity contribution in [2.45, 2.75) is 43.9 Å². The minimum Gasteiger partial charge on any atom is -0.266 e. The molecule has 4 aliphatic carbocycles. The Bertz CT molecular complexity index is 1140. The maximum Gasteiger partial charge on any atom is 0.289 e. The van der Waals surface area contributed by atoms with Gasteiger partial charge in [-0.25, -0.2) is 10.4 Å². The Hall–Kier alpha value is -3.08. The molecule has 3 aromatic rings. The largest absolute Gasteiger partial charge is 0.289 e. The predicted molar refractivity (Wildman–Crippen MR) is 121 cm³/mol. The van der Waals surface area contributed by atoms with Crippen LogP contribution in [-0.2, 0) is 5.41 Å². The second kappa shape index (κ2) is 7.26. The molecular formula is C26H26N4O. The molecule has 5 nitrogen and oxygen atoms in total. The Morgan fingerprint density at radius 1 is 1.03 bits per heavy atom. The zero-order chi connectivity index (χ0) is 20.8. The van der Waals surface area contributed by atoms with E-state index in [1.54, 1.807) is 18.6 Å². The van der Waals surface area contributed by atoms with Crippen LogP contribution in [0.15, 0.2) is 60.0 Å². The number of nitrogens with one attached hydrogen (secondary N) is 1. The van der Waals surface area contributed by atoms with Gasteiger partial charge in [-0.1, -0.05) is 24.3 Å². The van der Waals surface area contributed by atoms with Crippen molar-refractivity contribution >= 4 is 23.0 Å². The summed E-state index contributed by atoms with van der Waals surface area (Å²) in [6.07, 6.45) is 13.0. The van der Waals surface area contributed by atoms with Crippen molar-refractivity contribution in [3.8, 4) is 0 Å². The fraction of sp³-hybridized carbons (Fsp3) is 0.385. The highest BCUT2D eigenvalue weighted by molar-refractivity contribution is 5.96. The molecule has 0 unspecified atom stereocenters. The van der Waals surface area contributed by atoms with Crippen LogP contribution in [0.2, 0.25) is 0 Å². The molecule has 4 fully saturated rings. The average Bonchev–Trinajstić information content (AvgIpc) is 2.78.